The van der Waals surface area contributed by atoms with Crippen LogP contribution in [0, 0.1) is 5.92 Å². The van der Waals surface area contributed by atoms with Crippen LogP contribution in [-0.4, -0.2) is 40.7 Å². The van der Waals surface area contributed by atoms with Gasteiger partial charge in [0.2, 0.25) is 5.91 Å². The molecular weight excluding hydrogens is 314 g/mol. The highest BCUT2D eigenvalue weighted by atomic mass is 16.1. The average molecular weight is 339 g/mol. The van der Waals surface area contributed by atoms with Crippen LogP contribution >= 0.6 is 0 Å². The lowest BCUT2D eigenvalue weighted by atomic mass is 9.96. The Bertz CT molecular complexity index is 666. The van der Waals surface area contributed by atoms with Gasteiger partial charge >= 0.3 is 0 Å². The van der Waals surface area contributed by atoms with Crippen LogP contribution in [0.2, 0.25) is 0 Å². The van der Waals surface area contributed by atoms with Gasteiger partial charge in [-0.05, 0) is 43.5 Å². The molecule has 1 aliphatic rings. The molecule has 6 nitrogen and oxygen atoms in total. The Morgan fingerprint density at radius 2 is 2.08 bits per heavy atom. The molecule has 1 N–H and O–H groups in total. The van der Waals surface area contributed by atoms with Crippen LogP contribution in [0.4, 0.5) is 5.82 Å². The van der Waals surface area contributed by atoms with Gasteiger partial charge in [-0.25, -0.2) is 0 Å². The minimum Gasteiger partial charge on any atom is -0.356 e. The first-order valence-corrected chi connectivity index (χ1v) is 9.04. The lowest BCUT2D eigenvalue weighted by molar-refractivity contribution is -0.125. The van der Waals surface area contributed by atoms with Crippen molar-refractivity contribution in [2.45, 2.75) is 32.6 Å². The second-order valence-corrected chi connectivity index (χ2v) is 6.42. The van der Waals surface area contributed by atoms with E-state index in [-0.39, 0.29) is 11.8 Å². The summed E-state index contributed by atoms with van der Waals surface area (Å²) in [4.78, 5) is 18.5. The van der Waals surface area contributed by atoms with Crippen molar-refractivity contribution >= 4 is 11.7 Å². The second-order valence-electron chi connectivity index (χ2n) is 6.42. The molecule has 25 heavy (non-hydrogen) atoms. The molecule has 1 aliphatic heterocycles. The third kappa shape index (κ3) is 4.53. The number of unbranched alkanes of at least 4 members (excludes halogenated alkanes) is 1. The summed E-state index contributed by atoms with van der Waals surface area (Å²) in [5.41, 5.74) is 1.78. The summed E-state index contributed by atoms with van der Waals surface area (Å²) in [5, 5.41) is 11.7. The van der Waals surface area contributed by atoms with Crippen molar-refractivity contribution in [1.82, 2.24) is 20.5 Å². The number of hydrogen-bond acceptors (Lipinski definition) is 5. The smallest absolute Gasteiger partial charge is 0.223 e. The third-order valence-electron chi connectivity index (χ3n) is 4.63. The number of pyridine rings is 1. The minimum absolute atomic E-state index is 0.121. The summed E-state index contributed by atoms with van der Waals surface area (Å²) in [6.45, 7) is 4.60. The Morgan fingerprint density at radius 3 is 2.72 bits per heavy atom. The van der Waals surface area contributed by atoms with Crippen molar-refractivity contribution in [3.8, 4) is 11.3 Å². The van der Waals surface area contributed by atoms with Crippen LogP contribution < -0.4 is 10.2 Å². The lowest BCUT2D eigenvalue weighted by Crippen LogP contribution is -2.41. The highest BCUT2D eigenvalue weighted by Crippen LogP contribution is 2.23. The average Bonchev–Trinajstić information content (AvgIpc) is 2.69. The van der Waals surface area contributed by atoms with E-state index < -0.39 is 0 Å². The lowest BCUT2D eigenvalue weighted by Gasteiger charge is -2.31. The molecule has 0 unspecified atom stereocenters. The van der Waals surface area contributed by atoms with Gasteiger partial charge in [0.1, 0.15) is 0 Å². The van der Waals surface area contributed by atoms with Gasteiger partial charge in [-0.2, -0.15) is 0 Å². The molecule has 0 radical (unpaired) electrons. The number of nitrogens with one attached hydrogen (secondary N) is 1. The maximum absolute atomic E-state index is 12.2. The zero-order chi connectivity index (χ0) is 17.5. The fourth-order valence-corrected chi connectivity index (χ4v) is 3.07. The molecule has 1 fully saturated rings. The molecule has 1 saturated heterocycles. The van der Waals surface area contributed by atoms with Gasteiger partial charge in [0.05, 0.1) is 5.69 Å². The fraction of sp³-hybridized carbons (Fsp3) is 0.474. The number of amides is 1. The van der Waals surface area contributed by atoms with Gasteiger partial charge in [-0.3, -0.25) is 9.78 Å². The number of aromatic nitrogens is 3. The van der Waals surface area contributed by atoms with Gasteiger partial charge in [-0.15, -0.1) is 10.2 Å². The van der Waals surface area contributed by atoms with E-state index in [4.69, 9.17) is 0 Å². The van der Waals surface area contributed by atoms with E-state index in [1.54, 1.807) is 12.4 Å². The summed E-state index contributed by atoms with van der Waals surface area (Å²) >= 11 is 0. The Hall–Kier alpha value is -2.50. The van der Waals surface area contributed by atoms with Gasteiger partial charge in [-0.1, -0.05) is 13.3 Å². The quantitative estimate of drug-likeness (QED) is 0.819. The maximum Gasteiger partial charge on any atom is 0.223 e. The number of piperidine rings is 1. The number of rotatable bonds is 6. The van der Waals surface area contributed by atoms with E-state index in [2.05, 4.69) is 32.3 Å². The molecule has 0 atom stereocenters. The van der Waals surface area contributed by atoms with E-state index >= 15 is 0 Å². The molecule has 0 aliphatic carbocycles. The van der Waals surface area contributed by atoms with Crippen molar-refractivity contribution < 1.29 is 4.79 Å². The first-order valence-electron chi connectivity index (χ1n) is 9.04. The molecule has 3 rings (SSSR count). The van der Waals surface area contributed by atoms with Crippen molar-refractivity contribution in [1.29, 1.82) is 0 Å². The number of nitrogens with zero attached hydrogens (tertiary/aromatic N) is 4. The van der Waals surface area contributed by atoms with Crippen LogP contribution in [0.15, 0.2) is 36.7 Å². The predicted octanol–water partition coefficient (Wildman–Crippen LogP) is 2.67. The molecule has 0 spiro atoms. The van der Waals surface area contributed by atoms with Crippen LogP contribution in [-0.2, 0) is 4.79 Å². The molecule has 0 bridgehead atoms. The van der Waals surface area contributed by atoms with Crippen LogP contribution in [0.3, 0.4) is 0 Å². The van der Waals surface area contributed by atoms with Gasteiger partial charge in [0.15, 0.2) is 5.82 Å². The van der Waals surface area contributed by atoms with E-state index in [1.165, 1.54) is 0 Å². The SMILES string of the molecule is CCCCNC(=O)C1CCN(c2ccc(-c3cccnc3)nn2)CC1. The predicted molar refractivity (Wildman–Crippen MR) is 98.1 cm³/mol. The van der Waals surface area contributed by atoms with E-state index in [9.17, 15) is 4.79 Å². The summed E-state index contributed by atoms with van der Waals surface area (Å²) in [6.07, 6.45) is 7.41. The number of carbonyl (C=O) groups excluding carboxylic acids is 1. The van der Waals surface area contributed by atoms with Crippen molar-refractivity contribution in [2.75, 3.05) is 24.5 Å². The van der Waals surface area contributed by atoms with Crippen molar-refractivity contribution in [3.63, 3.8) is 0 Å². The zero-order valence-electron chi connectivity index (χ0n) is 14.7. The third-order valence-corrected chi connectivity index (χ3v) is 4.63. The molecule has 2 aromatic heterocycles. The van der Waals surface area contributed by atoms with Crippen molar-refractivity contribution in [2.24, 2.45) is 5.92 Å². The number of hydrogen-bond donors (Lipinski definition) is 1. The Labute approximate surface area is 148 Å². The molecular formula is C19H25N5O. The largest absolute Gasteiger partial charge is 0.356 e. The first kappa shape index (κ1) is 17.3. The summed E-state index contributed by atoms with van der Waals surface area (Å²) in [6, 6.07) is 7.83. The zero-order valence-corrected chi connectivity index (χ0v) is 14.7. The van der Waals surface area contributed by atoms with Gasteiger partial charge < -0.3 is 10.2 Å². The van der Waals surface area contributed by atoms with Crippen molar-refractivity contribution in [3.05, 3.63) is 36.7 Å². The Balaban J connectivity index is 1.54. The van der Waals surface area contributed by atoms with Gasteiger partial charge in [0.25, 0.3) is 0 Å². The summed E-state index contributed by atoms with van der Waals surface area (Å²) in [7, 11) is 0. The van der Waals surface area contributed by atoms with Crippen LogP contribution in [0.5, 0.6) is 0 Å². The normalized spacial score (nSPS) is 15.2. The molecule has 132 valence electrons. The summed E-state index contributed by atoms with van der Waals surface area (Å²) < 4.78 is 0. The highest BCUT2D eigenvalue weighted by molar-refractivity contribution is 5.78. The van der Waals surface area contributed by atoms with E-state index in [0.29, 0.717) is 0 Å². The number of carbonyl (C=O) groups is 1. The monoisotopic (exact) mass is 339 g/mol. The number of anilines is 1. The fourth-order valence-electron chi connectivity index (χ4n) is 3.07. The van der Waals surface area contributed by atoms with E-state index in [0.717, 1.165) is 62.4 Å². The summed E-state index contributed by atoms with van der Waals surface area (Å²) in [5.74, 6) is 1.19. The molecule has 3 heterocycles. The Morgan fingerprint density at radius 1 is 1.24 bits per heavy atom. The molecule has 0 saturated carbocycles. The topological polar surface area (TPSA) is 71.0 Å². The highest BCUT2D eigenvalue weighted by Gasteiger charge is 2.25. The molecule has 6 heteroatoms. The molecule has 0 aromatic carbocycles. The maximum atomic E-state index is 12.2. The minimum atomic E-state index is 0.121. The molecule has 1 amide bonds. The van der Waals surface area contributed by atoms with E-state index in [1.807, 2.05) is 24.3 Å². The second kappa shape index (κ2) is 8.55. The van der Waals surface area contributed by atoms with Crippen LogP contribution in [0.25, 0.3) is 11.3 Å². The molecule has 2 aromatic rings. The standard InChI is InChI=1S/C19H25N5O/c1-2-3-11-21-19(25)15-8-12-24(13-9-15)18-7-6-17(22-23-18)16-5-4-10-20-14-16/h4-7,10,14-15H,2-3,8-9,11-13H2,1H3,(H,21,25). The van der Waals surface area contributed by atoms with Crippen LogP contribution in [0.1, 0.15) is 32.6 Å². The first-order chi connectivity index (χ1) is 12.3. The Kier molecular flexibility index (Phi) is 5.93. The van der Waals surface area contributed by atoms with Gasteiger partial charge in [0, 0.05) is 43.5 Å².